The van der Waals surface area contributed by atoms with Crippen LogP contribution in [0.2, 0.25) is 0 Å². The van der Waals surface area contributed by atoms with Crippen LogP contribution in [0.25, 0.3) is 11.0 Å². The molecular formula is C24H30F3N5O2. The fourth-order valence-electron chi connectivity index (χ4n) is 5.35. The zero-order valence-corrected chi connectivity index (χ0v) is 19.2. The van der Waals surface area contributed by atoms with E-state index in [9.17, 15) is 18.0 Å². The maximum Gasteiger partial charge on any atom is 0.418 e. The molecule has 10 heteroatoms. The molecule has 184 valence electrons. The van der Waals surface area contributed by atoms with Gasteiger partial charge in [0.25, 0.3) is 0 Å². The zero-order chi connectivity index (χ0) is 23.9. The molecule has 1 spiro atoms. The molecule has 3 aliphatic rings. The Bertz CT molecular complexity index is 1050. The first kappa shape index (κ1) is 23.3. The van der Waals surface area contributed by atoms with Crippen molar-refractivity contribution in [1.82, 2.24) is 20.6 Å². The van der Waals surface area contributed by atoms with Gasteiger partial charge in [0, 0.05) is 56.0 Å². The summed E-state index contributed by atoms with van der Waals surface area (Å²) in [6.45, 7) is 6.11. The lowest BCUT2D eigenvalue weighted by Gasteiger charge is -2.28. The number of ether oxygens (including phenoxy) is 1. The first-order chi connectivity index (χ1) is 16.3. The Morgan fingerprint density at radius 3 is 2.76 bits per heavy atom. The minimum atomic E-state index is -4.51. The molecule has 34 heavy (non-hydrogen) atoms. The van der Waals surface area contributed by atoms with Crippen LogP contribution in [-0.2, 0) is 15.7 Å². The number of fused-ring (bicyclic) bond motifs is 1. The third-order valence-electron chi connectivity index (χ3n) is 7.56. The van der Waals surface area contributed by atoms with Crippen LogP contribution >= 0.6 is 0 Å². The number of hydrogen-bond acceptors (Lipinski definition) is 6. The Kier molecular flexibility index (Phi) is 6.14. The highest BCUT2D eigenvalue weighted by atomic mass is 19.4. The van der Waals surface area contributed by atoms with E-state index in [0.717, 1.165) is 45.0 Å². The van der Waals surface area contributed by atoms with Crippen LogP contribution in [0.5, 0.6) is 0 Å². The Hall–Kier alpha value is -2.46. The van der Waals surface area contributed by atoms with Gasteiger partial charge in [-0.2, -0.15) is 13.2 Å². The maximum absolute atomic E-state index is 13.5. The molecule has 1 saturated carbocycles. The Morgan fingerprint density at radius 1 is 1.26 bits per heavy atom. The number of nitrogens with one attached hydrogen (secondary N) is 2. The minimum absolute atomic E-state index is 0.0110. The van der Waals surface area contributed by atoms with E-state index in [1.165, 1.54) is 18.5 Å². The Balaban J connectivity index is 1.34. The highest BCUT2D eigenvalue weighted by molar-refractivity contribution is 5.92. The smallest absolute Gasteiger partial charge is 0.381 e. The second kappa shape index (κ2) is 8.96. The van der Waals surface area contributed by atoms with Gasteiger partial charge < -0.3 is 20.3 Å². The van der Waals surface area contributed by atoms with Crippen LogP contribution < -0.4 is 15.5 Å². The van der Waals surface area contributed by atoms with E-state index < -0.39 is 11.7 Å². The molecule has 0 radical (unpaired) electrons. The molecule has 3 atom stereocenters. The maximum atomic E-state index is 13.5. The monoisotopic (exact) mass is 477 g/mol. The van der Waals surface area contributed by atoms with Crippen LogP contribution in [0.4, 0.5) is 18.9 Å². The predicted molar refractivity (Wildman–Crippen MR) is 121 cm³/mol. The molecule has 5 rings (SSSR count). The van der Waals surface area contributed by atoms with Gasteiger partial charge in [-0.15, -0.1) is 0 Å². The van der Waals surface area contributed by atoms with Crippen LogP contribution in [0.3, 0.4) is 0 Å². The summed E-state index contributed by atoms with van der Waals surface area (Å²) < 4.78 is 46.2. The number of carbonyl (C=O) groups excluding carboxylic acids is 1. The summed E-state index contributed by atoms with van der Waals surface area (Å²) in [5, 5.41) is 6.63. The minimum Gasteiger partial charge on any atom is -0.381 e. The average molecular weight is 478 g/mol. The second-order valence-corrected chi connectivity index (χ2v) is 9.87. The molecule has 2 aromatic rings. The van der Waals surface area contributed by atoms with Gasteiger partial charge in [0.1, 0.15) is 11.0 Å². The molecule has 3 heterocycles. The molecule has 1 aromatic carbocycles. The number of carbonyl (C=O) groups is 1. The van der Waals surface area contributed by atoms with E-state index >= 15 is 0 Å². The number of benzene rings is 1. The fraction of sp³-hybridized carbons (Fsp3) is 0.625. The molecule has 2 saturated heterocycles. The van der Waals surface area contributed by atoms with E-state index in [2.05, 4.69) is 20.6 Å². The van der Waals surface area contributed by atoms with Crippen LogP contribution in [0.15, 0.2) is 24.5 Å². The van der Waals surface area contributed by atoms with E-state index in [-0.39, 0.29) is 40.2 Å². The number of alkyl halides is 3. The van der Waals surface area contributed by atoms with E-state index in [1.54, 1.807) is 0 Å². The van der Waals surface area contributed by atoms with E-state index in [0.29, 0.717) is 25.4 Å². The molecule has 3 fully saturated rings. The first-order valence-electron chi connectivity index (χ1n) is 11.9. The van der Waals surface area contributed by atoms with E-state index in [4.69, 9.17) is 4.74 Å². The van der Waals surface area contributed by atoms with Crippen molar-refractivity contribution in [3.63, 3.8) is 0 Å². The summed E-state index contributed by atoms with van der Waals surface area (Å²) in [6.07, 6.45) is 1.04. The normalized spacial score (nSPS) is 25.7. The quantitative estimate of drug-likeness (QED) is 0.705. The predicted octanol–water partition coefficient (Wildman–Crippen LogP) is 3.00. The number of hydrogen-bond donors (Lipinski definition) is 2. The lowest BCUT2D eigenvalue weighted by atomic mass is 9.91. The number of amides is 1. The fourth-order valence-corrected chi connectivity index (χ4v) is 5.35. The Labute approximate surface area is 196 Å². The van der Waals surface area contributed by atoms with Crippen LogP contribution in [0.1, 0.15) is 31.7 Å². The lowest BCUT2D eigenvalue weighted by molar-refractivity contribution is -0.136. The molecule has 3 unspecified atom stereocenters. The Morgan fingerprint density at radius 2 is 2.03 bits per heavy atom. The van der Waals surface area contributed by atoms with Gasteiger partial charge in [-0.05, 0) is 44.9 Å². The van der Waals surface area contributed by atoms with Crippen molar-refractivity contribution in [3.8, 4) is 0 Å². The van der Waals surface area contributed by atoms with Crippen LogP contribution in [-0.4, -0.2) is 61.3 Å². The van der Waals surface area contributed by atoms with Gasteiger partial charge in [0.05, 0.1) is 23.8 Å². The van der Waals surface area contributed by atoms with E-state index in [1.807, 2.05) is 11.8 Å². The highest BCUT2D eigenvalue weighted by Gasteiger charge is 2.58. The van der Waals surface area contributed by atoms with Crippen molar-refractivity contribution in [2.24, 2.45) is 17.3 Å². The molecule has 1 amide bonds. The van der Waals surface area contributed by atoms with Crippen LogP contribution in [0, 0.1) is 17.3 Å². The average Bonchev–Trinajstić information content (AvgIpc) is 3.43. The molecule has 0 bridgehead atoms. The van der Waals surface area contributed by atoms with Gasteiger partial charge in [-0.3, -0.25) is 14.8 Å². The summed E-state index contributed by atoms with van der Waals surface area (Å²) >= 11 is 0. The first-order valence-corrected chi connectivity index (χ1v) is 11.9. The molecular weight excluding hydrogens is 447 g/mol. The molecule has 1 aliphatic carbocycles. The van der Waals surface area contributed by atoms with Gasteiger partial charge in [0.15, 0.2) is 0 Å². The number of rotatable bonds is 4. The molecule has 7 nitrogen and oxygen atoms in total. The van der Waals surface area contributed by atoms with Crippen molar-refractivity contribution in [2.75, 3.05) is 44.3 Å². The summed E-state index contributed by atoms with van der Waals surface area (Å²) in [7, 11) is 0. The van der Waals surface area contributed by atoms with Gasteiger partial charge in [-0.1, -0.05) is 0 Å². The number of aromatic nitrogens is 2. The summed E-state index contributed by atoms with van der Waals surface area (Å²) in [6, 6.07) is 2.50. The lowest BCUT2D eigenvalue weighted by Crippen LogP contribution is -2.48. The van der Waals surface area contributed by atoms with Gasteiger partial charge in [-0.25, -0.2) is 0 Å². The second-order valence-electron chi connectivity index (χ2n) is 9.87. The van der Waals surface area contributed by atoms with Crippen molar-refractivity contribution < 1.29 is 22.7 Å². The van der Waals surface area contributed by atoms with Crippen molar-refractivity contribution in [1.29, 1.82) is 0 Å². The SMILES string of the molecule is CC(NC(=O)C1CN(c2ccc(C(F)(F)F)c3nccnc23)CC12CC2)C1CNCCCOC1. The molecule has 1 aromatic heterocycles. The standard InChI is InChI=1S/C24H30F3N5O2/c1-15(16-11-28-7-2-10-34-13-16)31-22(33)18-12-32(14-23(18)5-6-23)19-4-3-17(24(25,26)27)20-21(19)30-9-8-29-20/h3-4,8-9,15-16,18,28H,2,5-7,10-14H2,1H3,(H,31,33). The largest absolute Gasteiger partial charge is 0.418 e. The third kappa shape index (κ3) is 4.45. The summed E-state index contributed by atoms with van der Waals surface area (Å²) in [5.74, 6) is -0.0192. The van der Waals surface area contributed by atoms with Crippen molar-refractivity contribution >= 4 is 22.6 Å². The summed E-state index contributed by atoms with van der Waals surface area (Å²) in [4.78, 5) is 23.6. The highest BCUT2D eigenvalue weighted by Crippen LogP contribution is 2.57. The zero-order valence-electron chi connectivity index (χ0n) is 19.2. The number of nitrogens with zero attached hydrogens (tertiary/aromatic N) is 3. The number of anilines is 1. The van der Waals surface area contributed by atoms with Gasteiger partial charge in [0.2, 0.25) is 5.91 Å². The topological polar surface area (TPSA) is 79.4 Å². The molecule has 2 N–H and O–H groups in total. The number of halogens is 3. The summed E-state index contributed by atoms with van der Waals surface area (Å²) in [5.41, 5.74) is -0.256. The van der Waals surface area contributed by atoms with Crippen molar-refractivity contribution in [2.45, 2.75) is 38.4 Å². The molecule has 2 aliphatic heterocycles. The third-order valence-corrected chi connectivity index (χ3v) is 7.56. The van der Waals surface area contributed by atoms with Gasteiger partial charge >= 0.3 is 6.18 Å². The van der Waals surface area contributed by atoms with Crippen molar-refractivity contribution in [3.05, 3.63) is 30.1 Å².